The van der Waals surface area contributed by atoms with Gasteiger partial charge in [-0.3, -0.25) is 0 Å². The van der Waals surface area contributed by atoms with E-state index in [-0.39, 0.29) is 11.3 Å². The van der Waals surface area contributed by atoms with E-state index in [4.69, 9.17) is 5.11 Å². The quantitative estimate of drug-likeness (QED) is 0.823. The summed E-state index contributed by atoms with van der Waals surface area (Å²) in [6, 6.07) is 3.20. The summed E-state index contributed by atoms with van der Waals surface area (Å²) in [4.78, 5) is 0. The van der Waals surface area contributed by atoms with Crippen molar-refractivity contribution >= 4 is 0 Å². The average molecular weight is 206 g/mol. The van der Waals surface area contributed by atoms with Crippen molar-refractivity contribution < 1.29 is 23.0 Å². The second-order valence-electron chi connectivity index (χ2n) is 2.74. The van der Waals surface area contributed by atoms with Crippen LogP contribution in [0.4, 0.5) is 13.2 Å². The Morgan fingerprint density at radius 1 is 1.36 bits per heavy atom. The zero-order chi connectivity index (χ0) is 10.7. The number of ether oxygens (including phenoxy) is 1. The molecule has 14 heavy (non-hydrogen) atoms. The first-order chi connectivity index (χ1) is 6.50. The molecule has 1 atom stereocenters. The monoisotopic (exact) mass is 206 g/mol. The van der Waals surface area contributed by atoms with Gasteiger partial charge in [-0.1, -0.05) is 0 Å². The average Bonchev–Trinajstić information content (AvgIpc) is 2.01. The van der Waals surface area contributed by atoms with Gasteiger partial charge >= 0.3 is 6.61 Å². The van der Waals surface area contributed by atoms with Crippen molar-refractivity contribution in [3.8, 4) is 5.75 Å². The van der Waals surface area contributed by atoms with Crippen LogP contribution in [0.1, 0.15) is 18.6 Å². The van der Waals surface area contributed by atoms with E-state index in [0.29, 0.717) is 0 Å². The molecule has 0 radical (unpaired) electrons. The summed E-state index contributed by atoms with van der Waals surface area (Å²) in [6.45, 7) is -1.60. The van der Waals surface area contributed by atoms with Gasteiger partial charge in [0.2, 0.25) is 0 Å². The number of benzene rings is 1. The van der Waals surface area contributed by atoms with Gasteiger partial charge in [0.1, 0.15) is 11.6 Å². The minimum absolute atomic E-state index is 0.0478. The van der Waals surface area contributed by atoms with Gasteiger partial charge in [-0.15, -0.1) is 0 Å². The van der Waals surface area contributed by atoms with Crippen molar-refractivity contribution in [3.05, 3.63) is 29.6 Å². The third-order valence-corrected chi connectivity index (χ3v) is 1.65. The van der Waals surface area contributed by atoms with Crippen molar-refractivity contribution in [3.63, 3.8) is 0 Å². The highest BCUT2D eigenvalue weighted by Crippen LogP contribution is 2.22. The molecule has 1 unspecified atom stereocenters. The maximum Gasteiger partial charge on any atom is 0.387 e. The van der Waals surface area contributed by atoms with Crippen molar-refractivity contribution in [1.82, 2.24) is 0 Å². The van der Waals surface area contributed by atoms with Gasteiger partial charge in [-0.25, -0.2) is 4.39 Å². The lowest BCUT2D eigenvalue weighted by Crippen LogP contribution is -2.03. The highest BCUT2D eigenvalue weighted by molar-refractivity contribution is 5.29. The molecule has 1 aromatic carbocycles. The van der Waals surface area contributed by atoms with Crippen LogP contribution in [-0.2, 0) is 0 Å². The van der Waals surface area contributed by atoms with Crippen LogP contribution < -0.4 is 4.74 Å². The van der Waals surface area contributed by atoms with E-state index in [1.165, 1.54) is 19.1 Å². The molecule has 0 aliphatic carbocycles. The second kappa shape index (κ2) is 4.32. The Balaban J connectivity index is 2.89. The van der Waals surface area contributed by atoms with Gasteiger partial charge in [0.15, 0.2) is 0 Å². The Bertz CT molecular complexity index is 313. The Labute approximate surface area is 78.9 Å². The van der Waals surface area contributed by atoms with Crippen LogP contribution >= 0.6 is 0 Å². The lowest BCUT2D eigenvalue weighted by molar-refractivity contribution is -0.0500. The molecule has 0 bridgehead atoms. The molecule has 2 nitrogen and oxygen atoms in total. The lowest BCUT2D eigenvalue weighted by atomic mass is 10.1. The van der Waals surface area contributed by atoms with E-state index in [9.17, 15) is 13.2 Å². The summed E-state index contributed by atoms with van der Waals surface area (Å²) in [7, 11) is 0. The van der Waals surface area contributed by atoms with Crippen LogP contribution in [0, 0.1) is 5.82 Å². The number of hydrogen-bond acceptors (Lipinski definition) is 2. The van der Waals surface area contributed by atoms with Crippen LogP contribution in [0.3, 0.4) is 0 Å². The van der Waals surface area contributed by atoms with Gasteiger partial charge in [-0.2, -0.15) is 8.78 Å². The Kier molecular flexibility index (Phi) is 3.35. The molecule has 0 saturated carbocycles. The third kappa shape index (κ3) is 2.63. The summed E-state index contributed by atoms with van der Waals surface area (Å²) < 4.78 is 40.5. The predicted molar refractivity (Wildman–Crippen MR) is 43.7 cm³/mol. The van der Waals surface area contributed by atoms with Crippen molar-refractivity contribution in [2.45, 2.75) is 19.6 Å². The smallest absolute Gasteiger partial charge is 0.387 e. The lowest BCUT2D eigenvalue weighted by Gasteiger charge is -2.08. The molecule has 78 valence electrons. The SMILES string of the molecule is CC(O)c1ccc(OC(F)F)cc1F. The van der Waals surface area contributed by atoms with Gasteiger partial charge in [0, 0.05) is 11.6 Å². The third-order valence-electron chi connectivity index (χ3n) is 1.65. The van der Waals surface area contributed by atoms with E-state index in [1.807, 2.05) is 0 Å². The fraction of sp³-hybridized carbons (Fsp3) is 0.333. The highest BCUT2D eigenvalue weighted by Gasteiger charge is 2.11. The number of aliphatic hydroxyl groups is 1. The van der Waals surface area contributed by atoms with Crippen molar-refractivity contribution in [2.24, 2.45) is 0 Å². The summed E-state index contributed by atoms with van der Waals surface area (Å²) in [6.07, 6.45) is -0.976. The first-order valence-electron chi connectivity index (χ1n) is 3.93. The fourth-order valence-corrected chi connectivity index (χ4v) is 1.02. The van der Waals surface area contributed by atoms with E-state index < -0.39 is 18.5 Å². The number of hydrogen-bond donors (Lipinski definition) is 1. The molecule has 1 N–H and O–H groups in total. The van der Waals surface area contributed by atoms with Gasteiger partial charge < -0.3 is 9.84 Å². The molecule has 0 aliphatic heterocycles. The molecule has 0 aliphatic rings. The molecule has 1 aromatic rings. The molecule has 5 heteroatoms. The van der Waals surface area contributed by atoms with Crippen LogP contribution in [-0.4, -0.2) is 11.7 Å². The molecule has 0 amide bonds. The molecule has 0 saturated heterocycles. The molecule has 0 aromatic heterocycles. The number of alkyl halides is 2. The fourth-order valence-electron chi connectivity index (χ4n) is 1.02. The molecular formula is C9H9F3O2. The first kappa shape index (κ1) is 10.8. The summed E-state index contributed by atoms with van der Waals surface area (Å²) in [5, 5.41) is 9.05. The van der Waals surface area contributed by atoms with E-state index >= 15 is 0 Å². The highest BCUT2D eigenvalue weighted by atomic mass is 19.3. The second-order valence-corrected chi connectivity index (χ2v) is 2.74. The number of aliphatic hydroxyl groups excluding tert-OH is 1. The van der Waals surface area contributed by atoms with Crippen LogP contribution in [0.25, 0.3) is 0 Å². The summed E-state index contributed by atoms with van der Waals surface area (Å²) in [5.74, 6) is -1.03. The van der Waals surface area contributed by atoms with E-state index in [1.54, 1.807) is 0 Å². The Morgan fingerprint density at radius 2 is 2.00 bits per heavy atom. The van der Waals surface area contributed by atoms with Gasteiger partial charge in [0.05, 0.1) is 6.10 Å². The number of halogens is 3. The molecule has 0 heterocycles. The van der Waals surface area contributed by atoms with Crippen LogP contribution in [0.15, 0.2) is 18.2 Å². The van der Waals surface area contributed by atoms with E-state index in [0.717, 1.165) is 6.07 Å². The zero-order valence-corrected chi connectivity index (χ0v) is 7.38. The Hall–Kier alpha value is -1.23. The largest absolute Gasteiger partial charge is 0.435 e. The zero-order valence-electron chi connectivity index (χ0n) is 7.38. The minimum atomic E-state index is -2.98. The van der Waals surface area contributed by atoms with Crippen LogP contribution in [0.5, 0.6) is 5.75 Å². The predicted octanol–water partition coefficient (Wildman–Crippen LogP) is 2.48. The first-order valence-corrected chi connectivity index (χ1v) is 3.93. The molecule has 1 rings (SSSR count). The van der Waals surface area contributed by atoms with Gasteiger partial charge in [-0.05, 0) is 19.1 Å². The molecular weight excluding hydrogens is 197 g/mol. The normalized spacial score (nSPS) is 13.0. The standard InChI is InChI=1S/C9H9F3O2/c1-5(13)7-3-2-6(4-8(7)10)14-9(11)12/h2-5,9,13H,1H3. The van der Waals surface area contributed by atoms with Gasteiger partial charge in [0.25, 0.3) is 0 Å². The Morgan fingerprint density at radius 3 is 2.43 bits per heavy atom. The topological polar surface area (TPSA) is 29.5 Å². The maximum atomic E-state index is 13.1. The minimum Gasteiger partial charge on any atom is -0.435 e. The molecule has 0 fully saturated rings. The van der Waals surface area contributed by atoms with E-state index in [2.05, 4.69) is 4.74 Å². The van der Waals surface area contributed by atoms with Crippen molar-refractivity contribution in [2.75, 3.05) is 0 Å². The van der Waals surface area contributed by atoms with Crippen molar-refractivity contribution in [1.29, 1.82) is 0 Å². The van der Waals surface area contributed by atoms with Crippen LogP contribution in [0.2, 0.25) is 0 Å². The number of rotatable bonds is 3. The summed E-state index contributed by atoms with van der Waals surface area (Å²) >= 11 is 0. The molecule has 0 spiro atoms. The maximum absolute atomic E-state index is 13.1. The summed E-state index contributed by atoms with van der Waals surface area (Å²) in [5.41, 5.74) is 0.0478.